The largest absolute Gasteiger partial charge is 0.483 e. The normalized spacial score (nSPS) is 22.4. The molecule has 8 heteroatoms. The number of piperazine rings is 1. The Morgan fingerprint density at radius 3 is 2.70 bits per heavy atom. The molecule has 1 saturated heterocycles. The van der Waals surface area contributed by atoms with Crippen LogP contribution in [0.4, 0.5) is 5.69 Å². The summed E-state index contributed by atoms with van der Waals surface area (Å²) in [5, 5.41) is 5.05. The summed E-state index contributed by atoms with van der Waals surface area (Å²) in [6.45, 7) is 8.03. The molecule has 1 aromatic carbocycles. The highest BCUT2D eigenvalue weighted by Gasteiger charge is 2.28. The Labute approximate surface area is 187 Å². The van der Waals surface area contributed by atoms with Gasteiger partial charge in [0, 0.05) is 37.0 Å². The van der Waals surface area contributed by atoms with E-state index in [1.807, 2.05) is 24.1 Å². The molecule has 2 fully saturated rings. The minimum Gasteiger partial charge on any atom is -0.483 e. The Morgan fingerprint density at radius 2 is 2.03 bits per heavy atom. The first-order valence-electron chi connectivity index (χ1n) is 10.7. The lowest BCUT2D eigenvalue weighted by molar-refractivity contribution is 0.201. The average molecular weight is 449 g/mol. The van der Waals surface area contributed by atoms with E-state index in [0.717, 1.165) is 56.9 Å². The van der Waals surface area contributed by atoms with Crippen LogP contribution in [0.1, 0.15) is 33.1 Å². The van der Waals surface area contributed by atoms with Gasteiger partial charge in [-0.25, -0.2) is 4.31 Å². The molecular formula is C22H29ClN4O2S. The van der Waals surface area contributed by atoms with E-state index in [1.165, 1.54) is 4.68 Å². The fourth-order valence-corrected chi connectivity index (χ4v) is 5.20. The first-order chi connectivity index (χ1) is 14.5. The molecule has 0 bridgehead atoms. The predicted octanol–water partition coefficient (Wildman–Crippen LogP) is 4.24. The quantitative estimate of drug-likeness (QED) is 0.616. The van der Waals surface area contributed by atoms with Crippen molar-refractivity contribution in [2.24, 2.45) is 5.92 Å². The van der Waals surface area contributed by atoms with Crippen LogP contribution in [0.2, 0.25) is 5.02 Å². The lowest BCUT2D eigenvalue weighted by atomic mass is 10.1. The summed E-state index contributed by atoms with van der Waals surface area (Å²) >= 11 is 8.01. The molecule has 2 unspecified atom stereocenters. The van der Waals surface area contributed by atoms with Crippen LogP contribution in [-0.2, 0) is 0 Å². The summed E-state index contributed by atoms with van der Waals surface area (Å²) < 4.78 is 10.1. The molecule has 162 valence electrons. The molecule has 0 spiro atoms. The maximum Gasteiger partial charge on any atom is 0.316 e. The van der Waals surface area contributed by atoms with Crippen LogP contribution < -0.4 is 15.2 Å². The van der Waals surface area contributed by atoms with Crippen LogP contribution in [0.5, 0.6) is 5.75 Å². The first kappa shape index (κ1) is 21.5. The SMILES string of the molecule is CCSN1CCN(c2cnn(-c3cccc(Cl)c3)c(=O)c2OC2CCC(C)C2)CC1. The topological polar surface area (TPSA) is 50.6 Å². The number of nitrogens with zero attached hydrogens (tertiary/aromatic N) is 4. The van der Waals surface area contributed by atoms with Crippen molar-refractivity contribution in [2.45, 2.75) is 39.2 Å². The molecule has 0 N–H and O–H groups in total. The number of hydrogen-bond donors (Lipinski definition) is 0. The van der Waals surface area contributed by atoms with Crippen LogP contribution in [0.15, 0.2) is 35.3 Å². The third-order valence-electron chi connectivity index (χ3n) is 5.79. The van der Waals surface area contributed by atoms with Crippen LogP contribution >= 0.6 is 23.5 Å². The van der Waals surface area contributed by atoms with E-state index >= 15 is 0 Å². The summed E-state index contributed by atoms with van der Waals surface area (Å²) in [6.07, 6.45) is 4.97. The van der Waals surface area contributed by atoms with E-state index in [4.69, 9.17) is 16.3 Å². The number of halogens is 1. The Morgan fingerprint density at radius 1 is 1.23 bits per heavy atom. The number of hydrogen-bond acceptors (Lipinski definition) is 6. The average Bonchev–Trinajstić information content (AvgIpc) is 3.15. The zero-order valence-corrected chi connectivity index (χ0v) is 19.2. The summed E-state index contributed by atoms with van der Waals surface area (Å²) in [5.41, 5.74) is 1.23. The van der Waals surface area contributed by atoms with Gasteiger partial charge in [0.25, 0.3) is 0 Å². The summed E-state index contributed by atoms with van der Waals surface area (Å²) in [6, 6.07) is 7.19. The van der Waals surface area contributed by atoms with Gasteiger partial charge < -0.3 is 9.64 Å². The zero-order chi connectivity index (χ0) is 21.1. The molecule has 1 aliphatic carbocycles. The number of aromatic nitrogens is 2. The lowest BCUT2D eigenvalue weighted by Crippen LogP contribution is -2.44. The van der Waals surface area contributed by atoms with Crippen molar-refractivity contribution < 1.29 is 4.74 Å². The van der Waals surface area contributed by atoms with Gasteiger partial charge in [0.15, 0.2) is 0 Å². The van der Waals surface area contributed by atoms with Crippen molar-refractivity contribution in [1.29, 1.82) is 0 Å². The number of benzene rings is 1. The van der Waals surface area contributed by atoms with E-state index in [9.17, 15) is 4.79 Å². The molecule has 0 amide bonds. The first-order valence-corrected chi connectivity index (χ1v) is 12.0. The lowest BCUT2D eigenvalue weighted by Gasteiger charge is -2.35. The smallest absolute Gasteiger partial charge is 0.316 e. The van der Waals surface area contributed by atoms with E-state index in [0.29, 0.717) is 22.4 Å². The molecule has 2 aromatic rings. The van der Waals surface area contributed by atoms with Gasteiger partial charge in [-0.2, -0.15) is 9.78 Å². The standard InChI is InChI=1S/C22H29ClN4O2S/c1-3-30-26-11-9-25(10-12-26)20-15-24-27(18-6-4-5-17(23)14-18)22(28)21(20)29-19-8-7-16(2)13-19/h4-6,14-16,19H,3,7-13H2,1-2H3. The summed E-state index contributed by atoms with van der Waals surface area (Å²) in [7, 11) is 0. The van der Waals surface area contributed by atoms with Crippen molar-refractivity contribution >= 4 is 29.2 Å². The van der Waals surface area contributed by atoms with Gasteiger partial charge in [-0.1, -0.05) is 43.5 Å². The van der Waals surface area contributed by atoms with Crippen LogP contribution in [0.3, 0.4) is 0 Å². The third kappa shape index (κ3) is 4.79. The van der Waals surface area contributed by atoms with Gasteiger partial charge in [0.1, 0.15) is 5.69 Å². The minimum absolute atomic E-state index is 0.0820. The van der Waals surface area contributed by atoms with Crippen molar-refractivity contribution in [1.82, 2.24) is 14.1 Å². The highest BCUT2D eigenvalue weighted by atomic mass is 35.5. The molecule has 30 heavy (non-hydrogen) atoms. The Balaban J connectivity index is 1.67. The zero-order valence-electron chi connectivity index (χ0n) is 17.6. The number of ether oxygens (including phenoxy) is 1. The fourth-order valence-electron chi connectivity index (χ4n) is 4.23. The molecule has 6 nitrogen and oxygen atoms in total. The van der Waals surface area contributed by atoms with E-state index < -0.39 is 0 Å². The van der Waals surface area contributed by atoms with Gasteiger partial charge in [-0.05, 0) is 43.4 Å². The van der Waals surface area contributed by atoms with E-state index in [-0.39, 0.29) is 11.7 Å². The van der Waals surface area contributed by atoms with Gasteiger partial charge in [0.2, 0.25) is 5.75 Å². The Bertz CT molecular complexity index is 930. The van der Waals surface area contributed by atoms with E-state index in [1.54, 1.807) is 18.3 Å². The number of rotatable bonds is 6. The maximum atomic E-state index is 13.5. The molecular weight excluding hydrogens is 420 g/mol. The second-order valence-electron chi connectivity index (χ2n) is 8.05. The van der Waals surface area contributed by atoms with Crippen molar-refractivity contribution in [2.75, 3.05) is 36.8 Å². The molecule has 2 aliphatic rings. The van der Waals surface area contributed by atoms with Gasteiger partial charge in [-0.15, -0.1) is 0 Å². The van der Waals surface area contributed by atoms with Crippen molar-refractivity contribution in [3.05, 3.63) is 45.8 Å². The third-order valence-corrected chi connectivity index (χ3v) is 7.01. The molecule has 1 aliphatic heterocycles. The highest BCUT2D eigenvalue weighted by Crippen LogP contribution is 2.32. The molecule has 1 aromatic heterocycles. The summed E-state index contributed by atoms with van der Waals surface area (Å²) in [5.74, 6) is 2.12. The molecule has 0 radical (unpaired) electrons. The minimum atomic E-state index is -0.223. The van der Waals surface area contributed by atoms with Crippen LogP contribution in [0.25, 0.3) is 5.69 Å². The highest BCUT2D eigenvalue weighted by molar-refractivity contribution is 7.96. The van der Waals surface area contributed by atoms with Crippen molar-refractivity contribution in [3.8, 4) is 11.4 Å². The van der Waals surface area contributed by atoms with Gasteiger partial charge in [0.05, 0.1) is 18.0 Å². The molecule has 2 atom stereocenters. The molecule has 4 rings (SSSR count). The van der Waals surface area contributed by atoms with Crippen LogP contribution in [-0.4, -0.2) is 52.1 Å². The van der Waals surface area contributed by atoms with Crippen LogP contribution in [0, 0.1) is 5.92 Å². The monoisotopic (exact) mass is 448 g/mol. The summed E-state index contributed by atoms with van der Waals surface area (Å²) in [4.78, 5) is 15.7. The number of anilines is 1. The second kappa shape index (κ2) is 9.62. The van der Waals surface area contributed by atoms with E-state index in [2.05, 4.69) is 28.2 Å². The Kier molecular flexibility index (Phi) is 6.91. The second-order valence-corrected chi connectivity index (χ2v) is 9.84. The molecule has 1 saturated carbocycles. The van der Waals surface area contributed by atoms with Gasteiger partial charge in [-0.3, -0.25) is 4.79 Å². The molecule has 2 heterocycles. The Hall–Kier alpha value is -1.70. The van der Waals surface area contributed by atoms with Gasteiger partial charge >= 0.3 is 5.56 Å². The van der Waals surface area contributed by atoms with Crippen molar-refractivity contribution in [3.63, 3.8) is 0 Å². The maximum absolute atomic E-state index is 13.5. The fraction of sp³-hybridized carbons (Fsp3) is 0.545. The predicted molar refractivity (Wildman–Crippen MR) is 124 cm³/mol.